The van der Waals surface area contributed by atoms with Gasteiger partial charge in [-0.2, -0.15) is 0 Å². The molecule has 0 spiro atoms. The van der Waals surface area contributed by atoms with Crippen LogP contribution in [0.25, 0.3) is 0 Å². The Morgan fingerprint density at radius 3 is 2.29 bits per heavy atom. The summed E-state index contributed by atoms with van der Waals surface area (Å²) in [5.74, 6) is 1.40. The molecule has 0 saturated heterocycles. The maximum Gasteiger partial charge on any atom is 0.242 e. The topological polar surface area (TPSA) is 80.0 Å². The molecule has 1 aromatic rings. The van der Waals surface area contributed by atoms with Crippen LogP contribution in [0.2, 0.25) is 0 Å². The van der Waals surface area contributed by atoms with Gasteiger partial charge < -0.3 is 34.0 Å². The fraction of sp³-hybridized carbons (Fsp3) is 0.273. The van der Waals surface area contributed by atoms with Gasteiger partial charge in [0.2, 0.25) is 11.7 Å². The van der Waals surface area contributed by atoms with Crippen LogP contribution < -0.4 is 55.4 Å². The van der Waals surface area contributed by atoms with E-state index in [1.54, 1.807) is 0 Å². The molecule has 6 N–H and O–H groups in total. The minimum Gasteiger partial charge on any atom is -1.00 e. The van der Waals surface area contributed by atoms with Crippen molar-refractivity contribution in [3.05, 3.63) is 29.8 Å². The maximum absolute atomic E-state index is 5.56. The summed E-state index contributed by atoms with van der Waals surface area (Å²) < 4.78 is 0. The molecule has 0 aromatic heterocycles. The molecule has 1 rings (SSSR count). The van der Waals surface area contributed by atoms with Gasteiger partial charge in [-0.3, -0.25) is 16.5 Å². The lowest BCUT2D eigenvalue weighted by atomic mass is 10.2. The van der Waals surface area contributed by atoms with Crippen LogP contribution in [0.4, 0.5) is 5.69 Å². The summed E-state index contributed by atoms with van der Waals surface area (Å²) in [6.45, 7) is 4.38. The maximum atomic E-state index is 5.56. The molecule has 0 atom stereocenters. The number of halogens is 2. The van der Waals surface area contributed by atoms with Crippen LogP contribution in [0.15, 0.2) is 24.3 Å². The molecule has 1 aromatic carbocycles. The molecule has 0 radical (unpaired) electrons. The van der Waals surface area contributed by atoms with E-state index in [9.17, 15) is 0 Å². The molecular formula is C11H18Br2N4. The Labute approximate surface area is 123 Å². The van der Waals surface area contributed by atoms with E-state index < -0.39 is 0 Å². The number of rotatable bonds is 3. The Bertz CT molecular complexity index is 394. The summed E-state index contributed by atoms with van der Waals surface area (Å²) in [7, 11) is 0. The normalized spacial score (nSPS) is 11.4. The fourth-order valence-corrected chi connectivity index (χ4v) is 1.23. The summed E-state index contributed by atoms with van der Waals surface area (Å²) in [5.41, 5.74) is 13.2. The molecule has 0 aliphatic rings. The largest absolute Gasteiger partial charge is 1.00 e. The van der Waals surface area contributed by atoms with Gasteiger partial charge in [-0.05, 0) is 17.7 Å². The minimum atomic E-state index is 0. The lowest BCUT2D eigenvalue weighted by Gasteiger charge is -1.96. The number of nitrogens with two attached hydrogens (primary N) is 2. The SMILES string of the molecule is CC(N)=[NH+]Cc1cccc([NH+]=C(C)N)c1.[Br-].[Br-]. The summed E-state index contributed by atoms with van der Waals surface area (Å²) in [6, 6.07) is 8.02. The predicted octanol–water partition coefficient (Wildman–Crippen LogP) is -8.26. The zero-order chi connectivity index (χ0) is 11.3. The zero-order valence-electron chi connectivity index (χ0n) is 9.93. The lowest BCUT2D eigenvalue weighted by molar-refractivity contribution is -0.476. The average Bonchev–Trinajstić information content (AvgIpc) is 2.14. The van der Waals surface area contributed by atoms with Gasteiger partial charge in [0.05, 0.1) is 0 Å². The summed E-state index contributed by atoms with van der Waals surface area (Å²) in [6.07, 6.45) is 0. The van der Waals surface area contributed by atoms with E-state index in [-0.39, 0.29) is 34.0 Å². The Morgan fingerprint density at radius 1 is 1.12 bits per heavy atom. The number of hydrogen-bond acceptors (Lipinski definition) is 0. The van der Waals surface area contributed by atoms with Gasteiger partial charge in [-0.1, -0.05) is 12.1 Å². The van der Waals surface area contributed by atoms with Crippen LogP contribution >= 0.6 is 0 Å². The highest BCUT2D eigenvalue weighted by Gasteiger charge is 1.97. The molecule has 0 aliphatic carbocycles. The second-order valence-electron chi connectivity index (χ2n) is 3.54. The van der Waals surface area contributed by atoms with E-state index in [4.69, 9.17) is 11.5 Å². The summed E-state index contributed by atoms with van der Waals surface area (Å²) >= 11 is 0. The van der Waals surface area contributed by atoms with Gasteiger partial charge in [0.15, 0.2) is 0 Å². The van der Waals surface area contributed by atoms with Crippen LogP contribution in [-0.2, 0) is 6.54 Å². The van der Waals surface area contributed by atoms with Gasteiger partial charge >= 0.3 is 0 Å². The van der Waals surface area contributed by atoms with Crippen molar-refractivity contribution in [1.29, 1.82) is 0 Å². The van der Waals surface area contributed by atoms with Crippen LogP contribution in [-0.4, -0.2) is 11.7 Å². The van der Waals surface area contributed by atoms with Crippen LogP contribution in [0, 0.1) is 0 Å². The molecule has 0 bridgehead atoms. The van der Waals surface area contributed by atoms with Gasteiger partial charge in [0, 0.05) is 13.8 Å². The summed E-state index contributed by atoms with van der Waals surface area (Å²) in [4.78, 5) is 6.13. The van der Waals surface area contributed by atoms with Crippen molar-refractivity contribution in [3.63, 3.8) is 0 Å². The molecule has 96 valence electrons. The van der Waals surface area contributed by atoms with Gasteiger partial charge in [0.25, 0.3) is 0 Å². The Hall–Kier alpha value is -0.880. The molecule has 0 saturated carbocycles. The van der Waals surface area contributed by atoms with E-state index in [2.05, 4.69) is 9.98 Å². The standard InChI is InChI=1S/C11H16N4.2BrH/c1-8(12)14-7-10-4-3-5-11(6-10)15-9(2)13;;/h3-6H,7H2,1-2H3,(H2,12,14)(H2,13,15);2*1H. The number of hydrogen-bond donors (Lipinski definition) is 4. The number of amidine groups is 2. The monoisotopic (exact) mass is 364 g/mol. The van der Waals surface area contributed by atoms with E-state index in [0.29, 0.717) is 5.84 Å². The van der Waals surface area contributed by atoms with E-state index in [0.717, 1.165) is 23.6 Å². The van der Waals surface area contributed by atoms with Gasteiger partial charge in [0.1, 0.15) is 12.2 Å². The highest BCUT2D eigenvalue weighted by atomic mass is 79.9. The highest BCUT2D eigenvalue weighted by molar-refractivity contribution is 5.72. The Balaban J connectivity index is 0. The second-order valence-corrected chi connectivity index (χ2v) is 3.54. The van der Waals surface area contributed by atoms with Crippen molar-refractivity contribution in [1.82, 2.24) is 0 Å². The minimum absolute atomic E-state index is 0. The van der Waals surface area contributed by atoms with Crippen molar-refractivity contribution in [2.24, 2.45) is 11.5 Å². The molecule has 4 nitrogen and oxygen atoms in total. The van der Waals surface area contributed by atoms with Crippen LogP contribution in [0.3, 0.4) is 0 Å². The average molecular weight is 366 g/mol. The van der Waals surface area contributed by atoms with Crippen molar-refractivity contribution in [2.45, 2.75) is 20.4 Å². The fourth-order valence-electron chi connectivity index (χ4n) is 1.23. The first-order valence-electron chi connectivity index (χ1n) is 4.86. The quantitative estimate of drug-likeness (QED) is 0.317. The molecule has 0 aliphatic heterocycles. The Morgan fingerprint density at radius 2 is 1.76 bits per heavy atom. The second kappa shape index (κ2) is 9.18. The van der Waals surface area contributed by atoms with E-state index >= 15 is 0 Å². The predicted molar refractivity (Wildman–Crippen MR) is 61.5 cm³/mol. The first-order chi connectivity index (χ1) is 7.08. The van der Waals surface area contributed by atoms with Crippen LogP contribution in [0.5, 0.6) is 0 Å². The number of benzene rings is 1. The van der Waals surface area contributed by atoms with Crippen molar-refractivity contribution >= 4 is 17.4 Å². The van der Waals surface area contributed by atoms with Gasteiger partial charge in [-0.15, -0.1) is 0 Å². The van der Waals surface area contributed by atoms with E-state index in [1.807, 2.05) is 38.1 Å². The third-order valence-corrected chi connectivity index (χ3v) is 1.84. The third-order valence-electron chi connectivity index (χ3n) is 1.84. The smallest absolute Gasteiger partial charge is 0.242 e. The molecular weight excluding hydrogens is 348 g/mol. The van der Waals surface area contributed by atoms with Crippen molar-refractivity contribution in [3.8, 4) is 0 Å². The lowest BCUT2D eigenvalue weighted by Crippen LogP contribution is -3.00. The first kappa shape index (κ1) is 18.5. The van der Waals surface area contributed by atoms with E-state index in [1.165, 1.54) is 0 Å². The summed E-state index contributed by atoms with van der Waals surface area (Å²) in [5, 5.41) is 0. The van der Waals surface area contributed by atoms with Crippen molar-refractivity contribution in [2.75, 3.05) is 0 Å². The zero-order valence-corrected chi connectivity index (χ0v) is 13.1. The molecule has 0 amide bonds. The number of nitrogens with one attached hydrogen (secondary N) is 2. The first-order valence-corrected chi connectivity index (χ1v) is 4.86. The molecule has 0 unspecified atom stereocenters. The highest BCUT2D eigenvalue weighted by Crippen LogP contribution is 2.02. The van der Waals surface area contributed by atoms with Crippen LogP contribution in [0.1, 0.15) is 19.4 Å². The third kappa shape index (κ3) is 7.93. The molecule has 0 fully saturated rings. The van der Waals surface area contributed by atoms with Crippen molar-refractivity contribution < 1.29 is 43.9 Å². The molecule has 17 heavy (non-hydrogen) atoms. The molecule has 0 heterocycles. The Kier molecular flexibility index (Phi) is 9.98. The molecule has 6 heteroatoms. The van der Waals surface area contributed by atoms with Gasteiger partial charge in [-0.25, -0.2) is 4.99 Å².